The molecule has 2 N–H and O–H groups in total. The second kappa shape index (κ2) is 12.5. The van der Waals surface area contributed by atoms with E-state index in [1.807, 2.05) is 0 Å². The van der Waals surface area contributed by atoms with Gasteiger partial charge < -0.3 is 10.6 Å². The molecule has 0 aliphatic heterocycles. The molecule has 120 valence electrons. The van der Waals surface area contributed by atoms with E-state index in [4.69, 9.17) is 69.6 Å². The molecule has 2 amide bonds. The smallest absolute Gasteiger partial charge is 0.289 e. The number of nitrogens with one attached hydrogen (secondary N) is 2. The van der Waals surface area contributed by atoms with E-state index in [0.29, 0.717) is 0 Å². The first-order chi connectivity index (χ1) is 8.91. The van der Waals surface area contributed by atoms with E-state index in [-0.39, 0.29) is 10.5 Å². The first-order valence-corrected chi connectivity index (χ1v) is 10.8. The summed E-state index contributed by atoms with van der Waals surface area (Å²) in [7, 11) is 6.46. The minimum Gasteiger partial charge on any atom is -0.349 e. The van der Waals surface area contributed by atoms with Gasteiger partial charge in [0.05, 0.1) is 0 Å². The lowest BCUT2D eigenvalue weighted by molar-refractivity contribution is 0.262. The van der Waals surface area contributed by atoms with Gasteiger partial charge in [0.1, 0.15) is 0 Å². The molecule has 0 radical (unpaired) electrons. The Kier molecular flexibility index (Phi) is 15.2. The number of rotatable bonds is 2. The Bertz CT molecular complexity index is 281. The minimum atomic E-state index is -1.43. The summed E-state index contributed by atoms with van der Waals surface area (Å²) in [4.78, 5) is 21.0. The fourth-order valence-electron chi connectivity index (χ4n) is 0.254. The van der Waals surface area contributed by atoms with Crippen molar-refractivity contribution in [1.82, 2.24) is 10.6 Å². The number of hydrogen-bond donors (Lipinski definition) is 2. The Balaban J connectivity index is 0. The van der Waals surface area contributed by atoms with Gasteiger partial charge >= 0.3 is 0 Å². The summed E-state index contributed by atoms with van der Waals surface area (Å²) in [6.45, 7) is 0. The number of carbonyl (C=O) groups excluding carboxylic acids is 2. The molecular formula is C6H8Cl6N2O2S4. The van der Waals surface area contributed by atoms with Crippen molar-refractivity contribution in [3.8, 4) is 0 Å². The summed E-state index contributed by atoms with van der Waals surface area (Å²) < 4.78 is -2.87. The molecule has 20 heavy (non-hydrogen) atoms. The molecule has 0 heterocycles. The van der Waals surface area contributed by atoms with Crippen molar-refractivity contribution in [2.24, 2.45) is 0 Å². The van der Waals surface area contributed by atoms with Crippen LogP contribution < -0.4 is 10.6 Å². The quantitative estimate of drug-likeness (QED) is 0.369. The van der Waals surface area contributed by atoms with Gasteiger partial charge in [-0.1, -0.05) is 69.6 Å². The standard InChI is InChI=1S/2C3H4Cl3NOS2/c2*1-7-2(8)9-10-3(4,5)6/h2*1H3,(H,7,8). The van der Waals surface area contributed by atoms with Crippen LogP contribution in [0, 0.1) is 0 Å². The van der Waals surface area contributed by atoms with Crippen molar-refractivity contribution in [2.75, 3.05) is 14.1 Å². The fraction of sp³-hybridized carbons (Fsp3) is 0.667. The molecule has 0 aliphatic carbocycles. The van der Waals surface area contributed by atoms with Gasteiger partial charge in [0.15, 0.2) is 0 Å². The molecule has 4 nitrogen and oxygen atoms in total. The van der Waals surface area contributed by atoms with Crippen LogP contribution in [-0.2, 0) is 0 Å². The summed E-state index contributed by atoms with van der Waals surface area (Å²) >= 11 is 32.0. The monoisotopic (exact) mass is 478 g/mol. The third-order valence-electron chi connectivity index (χ3n) is 0.832. The number of amides is 2. The third-order valence-corrected chi connectivity index (χ3v) is 8.03. The van der Waals surface area contributed by atoms with E-state index in [2.05, 4.69) is 10.6 Å². The number of hydrogen-bond acceptors (Lipinski definition) is 6. The van der Waals surface area contributed by atoms with Gasteiger partial charge in [-0.05, 0) is 21.6 Å². The maximum atomic E-state index is 10.5. The maximum Gasteiger partial charge on any atom is 0.289 e. The molecule has 0 aliphatic rings. The van der Waals surface area contributed by atoms with Crippen molar-refractivity contribution in [3.63, 3.8) is 0 Å². The Labute approximate surface area is 162 Å². The van der Waals surface area contributed by atoms with Gasteiger partial charge in [-0.15, -0.1) is 0 Å². The first kappa shape index (κ1) is 24.3. The van der Waals surface area contributed by atoms with Crippen molar-refractivity contribution >= 4 is 123 Å². The van der Waals surface area contributed by atoms with Crippen LogP contribution in [0.25, 0.3) is 0 Å². The molecule has 0 atom stereocenters. The summed E-state index contributed by atoms with van der Waals surface area (Å²) in [6.07, 6.45) is 0. The number of carbonyl (C=O) groups is 2. The lowest BCUT2D eigenvalue weighted by Crippen LogP contribution is -2.10. The van der Waals surface area contributed by atoms with Gasteiger partial charge in [0.2, 0.25) is 6.25 Å². The summed E-state index contributed by atoms with van der Waals surface area (Å²) in [5.41, 5.74) is 0. The second-order valence-corrected chi connectivity index (χ2v) is 12.8. The van der Waals surface area contributed by atoms with Crippen LogP contribution in [0.4, 0.5) is 9.59 Å². The molecule has 0 bridgehead atoms. The molecular weight excluding hydrogens is 473 g/mol. The molecule has 0 saturated heterocycles. The molecule has 0 aromatic rings. The first-order valence-electron chi connectivity index (χ1n) is 4.19. The predicted molar refractivity (Wildman–Crippen MR) is 99.9 cm³/mol. The summed E-state index contributed by atoms with van der Waals surface area (Å²) in [5, 5.41) is 4.25. The largest absolute Gasteiger partial charge is 0.349 e. The molecule has 0 aromatic carbocycles. The number of alkyl halides is 6. The molecule has 0 unspecified atom stereocenters. The molecule has 0 rings (SSSR count). The van der Waals surface area contributed by atoms with Crippen LogP contribution in [0.1, 0.15) is 0 Å². The van der Waals surface area contributed by atoms with Crippen LogP contribution in [0.2, 0.25) is 0 Å². The van der Waals surface area contributed by atoms with Gasteiger partial charge in [-0.3, -0.25) is 9.59 Å². The normalized spacial score (nSPS) is 11.2. The zero-order valence-corrected chi connectivity index (χ0v) is 17.5. The van der Waals surface area contributed by atoms with Gasteiger partial charge in [-0.25, -0.2) is 0 Å². The minimum absolute atomic E-state index is 0.240. The van der Waals surface area contributed by atoms with Crippen LogP contribution in [0.3, 0.4) is 0 Å². The van der Waals surface area contributed by atoms with Gasteiger partial charge in [0.25, 0.3) is 10.5 Å². The van der Waals surface area contributed by atoms with E-state index >= 15 is 0 Å². The van der Waals surface area contributed by atoms with Crippen molar-refractivity contribution < 1.29 is 9.59 Å². The highest BCUT2D eigenvalue weighted by Crippen LogP contribution is 2.46. The third kappa shape index (κ3) is 22.4. The summed E-state index contributed by atoms with van der Waals surface area (Å²) in [6, 6.07) is 0. The molecule has 14 heteroatoms. The zero-order valence-electron chi connectivity index (χ0n) is 9.72. The molecule has 0 fully saturated rings. The average Bonchev–Trinajstić information content (AvgIpc) is 2.31. The Morgan fingerprint density at radius 1 is 0.750 bits per heavy atom. The van der Waals surface area contributed by atoms with E-state index in [1.54, 1.807) is 0 Å². The molecule has 0 spiro atoms. The topological polar surface area (TPSA) is 58.2 Å². The zero-order chi connectivity index (χ0) is 16.4. The maximum absolute atomic E-state index is 10.5. The Hall–Kier alpha value is 2.08. The van der Waals surface area contributed by atoms with Crippen LogP contribution in [0.5, 0.6) is 0 Å². The van der Waals surface area contributed by atoms with Gasteiger partial charge in [-0.2, -0.15) is 0 Å². The molecule has 0 saturated carbocycles. The second-order valence-electron chi connectivity index (χ2n) is 2.30. The van der Waals surface area contributed by atoms with Crippen LogP contribution in [-0.4, -0.2) is 30.8 Å². The van der Waals surface area contributed by atoms with E-state index in [1.165, 1.54) is 14.1 Å². The highest BCUT2D eigenvalue weighted by molar-refractivity contribution is 8.83. The highest BCUT2D eigenvalue weighted by atomic mass is 35.6. The van der Waals surface area contributed by atoms with E-state index < -0.39 is 6.25 Å². The SMILES string of the molecule is CNC(=O)SSC(Cl)(Cl)Cl.CNC(=O)SSC(Cl)(Cl)Cl. The highest BCUT2D eigenvalue weighted by Gasteiger charge is 2.23. The lowest BCUT2D eigenvalue weighted by atomic mass is 11.2. The fourth-order valence-corrected chi connectivity index (χ4v) is 3.98. The number of halogens is 6. The van der Waals surface area contributed by atoms with Crippen LogP contribution >= 0.6 is 113 Å². The summed E-state index contributed by atoms with van der Waals surface area (Å²) in [5.74, 6) is 0. The van der Waals surface area contributed by atoms with Crippen molar-refractivity contribution in [3.05, 3.63) is 0 Å². The molecule has 0 aromatic heterocycles. The van der Waals surface area contributed by atoms with E-state index in [9.17, 15) is 9.59 Å². The van der Waals surface area contributed by atoms with Crippen molar-refractivity contribution in [1.29, 1.82) is 0 Å². The Morgan fingerprint density at radius 2 is 1.00 bits per heavy atom. The lowest BCUT2D eigenvalue weighted by Gasteiger charge is -2.06. The average molecular weight is 481 g/mol. The van der Waals surface area contributed by atoms with Crippen LogP contribution in [0.15, 0.2) is 0 Å². The van der Waals surface area contributed by atoms with Crippen molar-refractivity contribution in [2.45, 2.75) is 6.25 Å². The predicted octanol–water partition coefficient (Wildman–Crippen LogP) is 6.07. The Morgan fingerprint density at radius 3 is 1.15 bits per heavy atom. The van der Waals surface area contributed by atoms with Gasteiger partial charge in [0, 0.05) is 35.7 Å². The van der Waals surface area contributed by atoms with E-state index in [0.717, 1.165) is 43.2 Å².